The number of halogens is 2. The number of carboxylic acids is 1. The number of nitrogens with zero attached hydrogens (tertiary/aromatic N) is 7. The molecule has 1 unspecified atom stereocenters. The molecule has 31 heteroatoms. The predicted molar refractivity (Wildman–Crippen MR) is 247 cm³/mol. The molecule has 0 fully saturated rings. The van der Waals surface area contributed by atoms with Crippen molar-refractivity contribution in [2.24, 2.45) is 4.99 Å². The Morgan fingerprint density at radius 2 is 1.67 bits per heavy atom. The number of pyridine rings is 1. The fraction of sp³-hybridized carbons (Fsp3) is 0.417. The summed E-state index contributed by atoms with van der Waals surface area (Å²) in [5.41, 5.74) is -0.105. The highest BCUT2D eigenvalue weighted by molar-refractivity contribution is 8.00. The predicted octanol–water partition coefficient (Wildman–Crippen LogP) is 1.55. The van der Waals surface area contributed by atoms with E-state index < -0.39 is 65.2 Å². The normalized spacial score (nSPS) is 12.8. The molecule has 4 heterocycles. The number of benzene rings is 1. The van der Waals surface area contributed by atoms with Gasteiger partial charge in [0.2, 0.25) is 22.5 Å². The van der Waals surface area contributed by atoms with Crippen LogP contribution >= 0.6 is 42.3 Å². The van der Waals surface area contributed by atoms with Crippen molar-refractivity contribution in [3.8, 4) is 11.8 Å². The SMILES string of the molecule is COC(=O)CSc1cc(/N=c2\sc(=O)n3n2CCCC3)c(F)cc1Cl.COc1cc(OC)nc(NC(=O)NS(=O)(=O)c2ncccc2C(=O)N(C)C)n1.C[S+](C)C.O=C(O)CNCP(=O)([O-])O. The van der Waals surface area contributed by atoms with Gasteiger partial charge in [-0.05, 0) is 59.3 Å². The molecular weight excluding hydrogens is 1010 g/mol. The highest BCUT2D eigenvalue weighted by atomic mass is 35.5. The number of fused-ring (bicyclic) bond motifs is 1. The molecule has 24 nitrogen and oxygen atoms in total. The number of methoxy groups -OCH3 is 3. The van der Waals surface area contributed by atoms with Gasteiger partial charge in [-0.2, -0.15) is 18.4 Å². The molecule has 1 aliphatic rings. The lowest BCUT2D eigenvalue weighted by atomic mass is 10.2. The summed E-state index contributed by atoms with van der Waals surface area (Å²) in [4.78, 5) is 93.2. The molecule has 1 aromatic carbocycles. The Kier molecular flexibility index (Phi) is 23.9. The van der Waals surface area contributed by atoms with E-state index in [0.29, 0.717) is 33.7 Å². The van der Waals surface area contributed by atoms with E-state index in [1.165, 1.54) is 70.8 Å². The molecule has 67 heavy (non-hydrogen) atoms. The molecule has 0 saturated carbocycles. The van der Waals surface area contributed by atoms with Gasteiger partial charge in [0.15, 0.2) is 5.03 Å². The molecular formula is C36H49ClFN10O14PS4. The molecule has 3 amide bonds. The second-order valence-electron chi connectivity index (χ2n) is 13.5. The van der Waals surface area contributed by atoms with Crippen molar-refractivity contribution in [2.45, 2.75) is 35.9 Å². The third-order valence-electron chi connectivity index (χ3n) is 7.48. The van der Waals surface area contributed by atoms with Gasteiger partial charge in [-0.1, -0.05) is 11.6 Å². The molecule has 1 atom stereocenters. The highest BCUT2D eigenvalue weighted by Gasteiger charge is 2.27. The Hall–Kier alpha value is -5.13. The number of hydrogen-bond donors (Lipinski definition) is 5. The number of esters is 1. The van der Waals surface area contributed by atoms with E-state index in [0.717, 1.165) is 42.0 Å². The molecule has 0 saturated heterocycles. The van der Waals surface area contributed by atoms with Crippen LogP contribution in [-0.2, 0) is 52.9 Å². The lowest BCUT2D eigenvalue weighted by Gasteiger charge is -2.15. The van der Waals surface area contributed by atoms with Crippen molar-refractivity contribution in [1.82, 2.24) is 39.3 Å². The minimum Gasteiger partial charge on any atom is -0.778 e. The van der Waals surface area contributed by atoms with Gasteiger partial charge in [-0.15, -0.1) is 11.8 Å². The van der Waals surface area contributed by atoms with Crippen LogP contribution in [0, 0.1) is 5.82 Å². The number of aromatic nitrogens is 5. The lowest BCUT2D eigenvalue weighted by molar-refractivity contribution is -0.193. The summed E-state index contributed by atoms with van der Waals surface area (Å²) < 4.78 is 68.9. The number of anilines is 1. The van der Waals surface area contributed by atoms with E-state index in [9.17, 15) is 46.2 Å². The summed E-state index contributed by atoms with van der Waals surface area (Å²) in [5.74, 6) is -2.76. The monoisotopic (exact) mass is 1060 g/mol. The number of sulfonamides is 1. The third kappa shape index (κ3) is 20.3. The van der Waals surface area contributed by atoms with Gasteiger partial charge in [-0.3, -0.25) is 34.5 Å². The van der Waals surface area contributed by atoms with E-state index in [1.54, 1.807) is 14.1 Å². The van der Waals surface area contributed by atoms with Crippen LogP contribution in [0.3, 0.4) is 0 Å². The van der Waals surface area contributed by atoms with E-state index in [4.69, 9.17) is 31.1 Å². The average Bonchev–Trinajstić information content (AvgIpc) is 3.57. The average molecular weight is 1060 g/mol. The molecule has 370 valence electrons. The van der Waals surface area contributed by atoms with E-state index in [1.807, 2.05) is 5.32 Å². The van der Waals surface area contributed by atoms with Crippen molar-refractivity contribution >= 4 is 98.7 Å². The van der Waals surface area contributed by atoms with Crippen molar-refractivity contribution < 1.29 is 65.7 Å². The van der Waals surface area contributed by atoms with Gasteiger partial charge in [0, 0.05) is 38.3 Å². The molecule has 0 radical (unpaired) electrons. The van der Waals surface area contributed by atoms with Crippen molar-refractivity contribution in [1.29, 1.82) is 0 Å². The molecule has 0 aliphatic carbocycles. The summed E-state index contributed by atoms with van der Waals surface area (Å²) >= 11 is 8.17. The zero-order valence-corrected chi connectivity index (χ0v) is 42.1. The Balaban J connectivity index is 0.000000361. The molecule has 4 aromatic rings. The number of amides is 3. The summed E-state index contributed by atoms with van der Waals surface area (Å²) in [6, 6.07) is 5.55. The number of nitrogens with one attached hydrogen (secondary N) is 3. The Morgan fingerprint density at radius 1 is 1.07 bits per heavy atom. The van der Waals surface area contributed by atoms with Gasteiger partial charge in [0.1, 0.15) is 19.1 Å². The minimum absolute atomic E-state index is 0.0605. The summed E-state index contributed by atoms with van der Waals surface area (Å²) in [5, 5.41) is 11.7. The summed E-state index contributed by atoms with van der Waals surface area (Å²) in [6.07, 6.45) is 8.96. The Morgan fingerprint density at radius 3 is 2.21 bits per heavy atom. The molecule has 0 spiro atoms. The molecule has 1 aliphatic heterocycles. The maximum atomic E-state index is 14.3. The smallest absolute Gasteiger partial charge is 0.335 e. The second kappa shape index (κ2) is 27.6. The second-order valence-corrected chi connectivity index (χ2v) is 21.5. The van der Waals surface area contributed by atoms with Crippen molar-refractivity contribution in [3.63, 3.8) is 0 Å². The zero-order chi connectivity index (χ0) is 50.6. The topological polar surface area (TPSA) is 328 Å². The van der Waals surface area contributed by atoms with Gasteiger partial charge in [-0.25, -0.2) is 28.6 Å². The van der Waals surface area contributed by atoms with E-state index in [2.05, 4.69) is 48.8 Å². The van der Waals surface area contributed by atoms with Gasteiger partial charge >= 0.3 is 22.8 Å². The first-order chi connectivity index (χ1) is 31.3. The van der Waals surface area contributed by atoms with Crippen LogP contribution in [0.2, 0.25) is 5.02 Å². The number of carbonyl (C=O) groups is 4. The van der Waals surface area contributed by atoms with Crippen LogP contribution in [0.25, 0.3) is 0 Å². The molecule has 5 rings (SSSR count). The minimum atomic E-state index is -4.46. The van der Waals surface area contributed by atoms with Gasteiger partial charge in [0.05, 0.1) is 75.3 Å². The van der Waals surface area contributed by atoms with Crippen molar-refractivity contribution in [2.75, 3.05) is 78.1 Å². The zero-order valence-electron chi connectivity index (χ0n) is 37.2. The first-order valence-electron chi connectivity index (χ1n) is 18.8. The maximum absolute atomic E-state index is 14.3. The fourth-order valence-corrected chi connectivity index (χ4v) is 8.13. The van der Waals surface area contributed by atoms with Crippen LogP contribution in [0.15, 0.2) is 56.2 Å². The van der Waals surface area contributed by atoms with E-state index >= 15 is 0 Å². The third-order valence-corrected chi connectivity index (χ3v) is 11.7. The van der Waals surface area contributed by atoms with Crippen LogP contribution < -0.4 is 39.4 Å². The largest absolute Gasteiger partial charge is 0.778 e. The number of ether oxygens (including phenoxy) is 3. The first-order valence-corrected chi connectivity index (χ1v) is 26.7. The van der Waals surface area contributed by atoms with Crippen LogP contribution in [-0.4, -0.2) is 144 Å². The van der Waals surface area contributed by atoms with Crippen LogP contribution in [0.1, 0.15) is 23.2 Å². The van der Waals surface area contributed by atoms with E-state index in [-0.39, 0.29) is 44.6 Å². The number of carboxylic acid groups (broad SMARTS) is 1. The Labute approximate surface area is 399 Å². The van der Waals surface area contributed by atoms with Crippen molar-refractivity contribution in [3.05, 3.63) is 67.4 Å². The molecule has 5 N–H and O–H groups in total. The number of thioether (sulfide) groups is 1. The quantitative estimate of drug-likeness (QED) is 0.0518. The number of aliphatic carboxylic acids is 1. The van der Waals surface area contributed by atoms with Crippen LogP contribution in [0.5, 0.6) is 11.8 Å². The lowest BCUT2D eigenvalue weighted by Crippen LogP contribution is -2.36. The van der Waals surface area contributed by atoms with Gasteiger partial charge < -0.3 is 38.6 Å². The Bertz CT molecular complexity index is 2620. The summed E-state index contributed by atoms with van der Waals surface area (Å²) in [7, 11) is -1.26. The van der Waals surface area contributed by atoms with Crippen LogP contribution in [0.4, 0.5) is 20.8 Å². The highest BCUT2D eigenvalue weighted by Crippen LogP contribution is 2.33. The maximum Gasteiger partial charge on any atom is 0.335 e. The first kappa shape index (κ1) is 58.0. The number of rotatable bonds is 14. The number of carbonyl (C=O) groups excluding carboxylic acids is 3. The van der Waals surface area contributed by atoms with Gasteiger partial charge in [0.25, 0.3) is 15.9 Å². The number of hydrogen-bond acceptors (Lipinski definition) is 19. The summed E-state index contributed by atoms with van der Waals surface area (Å²) in [6.45, 7) is 0.845. The fourth-order valence-electron chi connectivity index (χ4n) is 4.71. The molecule has 0 bridgehead atoms. The molecule has 3 aromatic heterocycles. The standard InChI is InChI=1S/C15H15ClFN3O3S2.C15H18N6O6S.C3H8NO5P.C3H9S/c1-23-13(21)8-24-12-7-11(10(17)6-9(12)16)18-14-19-4-2-3-5-20(19)15(22)25-14;1-21(2)13(22)9-6-5-7-16-12(9)28(24,25)20-15(23)19-14-17-10(26-3)8-11(18-14)27-4;5-3(6)1-4-2-10(7,8)9;1-4(2)3/h6-7H,2-5,8H2,1H3;5-8H,1-4H3,(H2,17,18,19,20,23);4H,1-2H2,(H,5,6)(H2,7,8,9);1-3H3/q;;;+1/p-1/b18-14-;;;. The number of urea groups is 1.